The molecule has 0 radical (unpaired) electrons. The molecule has 0 aliphatic carbocycles. The van der Waals surface area contributed by atoms with Crippen molar-refractivity contribution in [1.82, 2.24) is 0 Å². The molecule has 0 aliphatic heterocycles. The summed E-state index contributed by atoms with van der Waals surface area (Å²) in [5, 5.41) is 0. The van der Waals surface area contributed by atoms with Gasteiger partial charge in [0.05, 0.1) is 4.47 Å². The van der Waals surface area contributed by atoms with E-state index in [4.69, 9.17) is 10.5 Å². The lowest BCUT2D eigenvalue weighted by Crippen LogP contribution is -2.17. The molecule has 0 aliphatic rings. The molecule has 0 amide bonds. The van der Waals surface area contributed by atoms with Crippen molar-refractivity contribution in [2.75, 3.05) is 6.61 Å². The first-order valence-electron chi connectivity index (χ1n) is 6.86. The Morgan fingerprint density at radius 3 is 2.62 bits per heavy atom. The molecule has 2 aromatic rings. The predicted octanol–water partition coefficient (Wildman–Crippen LogP) is 3.77. The third-order valence-electron chi connectivity index (χ3n) is 2.86. The number of halogens is 1. The monoisotopic (exact) mass is 343 g/mol. The van der Waals surface area contributed by atoms with E-state index in [0.717, 1.165) is 22.2 Å². The summed E-state index contributed by atoms with van der Waals surface area (Å²) in [7, 11) is 0. The van der Waals surface area contributed by atoms with Crippen LogP contribution < -0.4 is 10.5 Å². The van der Waals surface area contributed by atoms with Gasteiger partial charge in [-0.1, -0.05) is 36.1 Å². The SMILES string of the molecule is CC(N)Cc1ccc(OCC#Cc2ccccc2)c(Br)c1. The highest BCUT2D eigenvalue weighted by molar-refractivity contribution is 9.10. The maximum atomic E-state index is 5.80. The van der Waals surface area contributed by atoms with Crippen molar-refractivity contribution in [3.63, 3.8) is 0 Å². The first-order valence-corrected chi connectivity index (χ1v) is 7.65. The molecule has 0 fully saturated rings. The lowest BCUT2D eigenvalue weighted by atomic mass is 10.1. The van der Waals surface area contributed by atoms with Gasteiger partial charge in [-0.2, -0.15) is 0 Å². The molecule has 2 rings (SSSR count). The van der Waals surface area contributed by atoms with Gasteiger partial charge >= 0.3 is 0 Å². The lowest BCUT2D eigenvalue weighted by Gasteiger charge is -2.09. The second-order valence-corrected chi connectivity index (χ2v) is 5.76. The molecule has 1 atom stereocenters. The Morgan fingerprint density at radius 1 is 1.19 bits per heavy atom. The largest absolute Gasteiger partial charge is 0.480 e. The quantitative estimate of drug-likeness (QED) is 0.857. The van der Waals surface area contributed by atoms with E-state index in [1.54, 1.807) is 0 Å². The fourth-order valence-electron chi connectivity index (χ4n) is 1.93. The third kappa shape index (κ3) is 5.26. The van der Waals surface area contributed by atoms with Crippen LogP contribution in [0.3, 0.4) is 0 Å². The summed E-state index contributed by atoms with van der Waals surface area (Å²) in [5.41, 5.74) is 7.99. The highest BCUT2D eigenvalue weighted by Gasteiger charge is 2.04. The third-order valence-corrected chi connectivity index (χ3v) is 3.48. The van der Waals surface area contributed by atoms with Crippen molar-refractivity contribution in [1.29, 1.82) is 0 Å². The fourth-order valence-corrected chi connectivity index (χ4v) is 2.47. The highest BCUT2D eigenvalue weighted by Crippen LogP contribution is 2.26. The first kappa shape index (κ1) is 15.6. The van der Waals surface area contributed by atoms with Gasteiger partial charge in [0.25, 0.3) is 0 Å². The van der Waals surface area contributed by atoms with Crippen LogP contribution >= 0.6 is 15.9 Å². The minimum atomic E-state index is 0.153. The maximum Gasteiger partial charge on any atom is 0.149 e. The molecular weight excluding hydrogens is 326 g/mol. The van der Waals surface area contributed by atoms with E-state index in [1.807, 2.05) is 55.5 Å². The minimum Gasteiger partial charge on any atom is -0.480 e. The smallest absolute Gasteiger partial charge is 0.149 e. The van der Waals surface area contributed by atoms with E-state index in [2.05, 4.69) is 27.8 Å². The van der Waals surface area contributed by atoms with E-state index in [9.17, 15) is 0 Å². The molecule has 2 aromatic carbocycles. The Bertz CT molecular complexity index is 641. The minimum absolute atomic E-state index is 0.153. The Balaban J connectivity index is 1.93. The molecule has 0 bridgehead atoms. The van der Waals surface area contributed by atoms with Gasteiger partial charge in [-0.25, -0.2) is 0 Å². The van der Waals surface area contributed by atoms with E-state index < -0.39 is 0 Å². The van der Waals surface area contributed by atoms with Crippen LogP contribution in [0.25, 0.3) is 0 Å². The van der Waals surface area contributed by atoms with Gasteiger partial charge in [-0.3, -0.25) is 0 Å². The Labute approximate surface area is 134 Å². The van der Waals surface area contributed by atoms with Crippen molar-refractivity contribution in [2.45, 2.75) is 19.4 Å². The van der Waals surface area contributed by atoms with Crippen LogP contribution in [0.15, 0.2) is 53.0 Å². The topological polar surface area (TPSA) is 35.2 Å². The van der Waals surface area contributed by atoms with Crippen molar-refractivity contribution in [2.24, 2.45) is 5.73 Å². The van der Waals surface area contributed by atoms with Gasteiger partial charge in [-0.05, 0) is 59.1 Å². The van der Waals surface area contributed by atoms with E-state index in [-0.39, 0.29) is 6.04 Å². The number of hydrogen-bond donors (Lipinski definition) is 1. The molecule has 0 heterocycles. The summed E-state index contributed by atoms with van der Waals surface area (Å²) in [6, 6.07) is 16.1. The van der Waals surface area contributed by atoms with Gasteiger partial charge in [0, 0.05) is 11.6 Å². The Hall–Kier alpha value is -1.76. The zero-order chi connectivity index (χ0) is 15.1. The lowest BCUT2D eigenvalue weighted by molar-refractivity contribution is 0.368. The molecule has 2 N–H and O–H groups in total. The standard InChI is InChI=1S/C18H18BrNO/c1-14(20)12-16-9-10-18(17(19)13-16)21-11-5-8-15-6-3-2-4-7-15/h2-4,6-7,9-10,13-14H,11-12,20H2,1H3. The van der Waals surface area contributed by atoms with Crippen LogP contribution in [-0.4, -0.2) is 12.6 Å². The maximum absolute atomic E-state index is 5.80. The van der Waals surface area contributed by atoms with Gasteiger partial charge in [0.1, 0.15) is 12.4 Å². The molecule has 0 saturated heterocycles. The highest BCUT2D eigenvalue weighted by atomic mass is 79.9. The molecule has 108 valence electrons. The zero-order valence-corrected chi connectivity index (χ0v) is 13.6. The van der Waals surface area contributed by atoms with Gasteiger partial charge < -0.3 is 10.5 Å². The number of benzene rings is 2. The summed E-state index contributed by atoms with van der Waals surface area (Å²) >= 11 is 3.52. The number of ether oxygens (including phenoxy) is 1. The molecule has 0 aromatic heterocycles. The zero-order valence-electron chi connectivity index (χ0n) is 12.0. The molecule has 2 nitrogen and oxygen atoms in total. The molecule has 0 saturated carbocycles. The fraction of sp³-hybridized carbons (Fsp3) is 0.222. The van der Waals surface area contributed by atoms with Crippen molar-refractivity contribution in [3.8, 4) is 17.6 Å². The van der Waals surface area contributed by atoms with Crippen LogP contribution in [0.5, 0.6) is 5.75 Å². The van der Waals surface area contributed by atoms with Crippen molar-refractivity contribution in [3.05, 3.63) is 64.1 Å². The van der Waals surface area contributed by atoms with Crippen molar-refractivity contribution < 1.29 is 4.74 Å². The predicted molar refractivity (Wildman–Crippen MR) is 90.3 cm³/mol. The van der Waals surface area contributed by atoms with Gasteiger partial charge in [-0.15, -0.1) is 0 Å². The normalized spacial score (nSPS) is 11.4. The Kier molecular flexibility index (Phi) is 5.86. The van der Waals surface area contributed by atoms with Gasteiger partial charge in [0.15, 0.2) is 0 Å². The molecule has 1 unspecified atom stereocenters. The average molecular weight is 344 g/mol. The average Bonchev–Trinajstić information content (AvgIpc) is 2.46. The molecule has 3 heteroatoms. The summed E-state index contributed by atoms with van der Waals surface area (Å²) in [4.78, 5) is 0. The summed E-state index contributed by atoms with van der Waals surface area (Å²) in [5.74, 6) is 6.87. The molecular formula is C18H18BrNO. The first-order chi connectivity index (χ1) is 10.1. The summed E-state index contributed by atoms with van der Waals surface area (Å²) in [6.07, 6.45) is 0.854. The van der Waals surface area contributed by atoms with E-state index in [1.165, 1.54) is 5.56 Å². The second kappa shape index (κ2) is 7.87. The Morgan fingerprint density at radius 2 is 1.95 bits per heavy atom. The second-order valence-electron chi connectivity index (χ2n) is 4.90. The molecule has 0 spiro atoms. The van der Waals surface area contributed by atoms with E-state index >= 15 is 0 Å². The van der Waals surface area contributed by atoms with Crippen molar-refractivity contribution >= 4 is 15.9 Å². The summed E-state index contributed by atoms with van der Waals surface area (Å²) < 4.78 is 6.60. The van der Waals surface area contributed by atoms with E-state index in [0.29, 0.717) is 6.61 Å². The number of nitrogens with two attached hydrogens (primary N) is 1. The van der Waals surface area contributed by atoms with Crippen LogP contribution in [-0.2, 0) is 6.42 Å². The summed E-state index contributed by atoms with van der Waals surface area (Å²) in [6.45, 7) is 2.36. The van der Waals surface area contributed by atoms with Crippen LogP contribution in [0.2, 0.25) is 0 Å². The number of hydrogen-bond acceptors (Lipinski definition) is 2. The van der Waals surface area contributed by atoms with Gasteiger partial charge in [0.2, 0.25) is 0 Å². The number of rotatable bonds is 4. The molecule has 21 heavy (non-hydrogen) atoms. The van der Waals surface area contributed by atoms with Crippen LogP contribution in [0.4, 0.5) is 0 Å². The van der Waals surface area contributed by atoms with Crippen LogP contribution in [0.1, 0.15) is 18.1 Å². The van der Waals surface area contributed by atoms with Crippen LogP contribution in [0, 0.1) is 11.8 Å².